The van der Waals surface area contributed by atoms with Crippen LogP contribution < -0.4 is 5.01 Å². The Bertz CT molecular complexity index is 683. The first-order valence-corrected chi connectivity index (χ1v) is 12.7. The molecule has 0 aliphatic carbocycles. The minimum atomic E-state index is -0.0918. The third kappa shape index (κ3) is 8.77. The third-order valence-corrected chi connectivity index (χ3v) is 6.39. The molecule has 1 aromatic carbocycles. The van der Waals surface area contributed by atoms with Crippen LogP contribution in [0.5, 0.6) is 0 Å². The van der Waals surface area contributed by atoms with E-state index in [1.54, 1.807) is 12.1 Å². The Kier molecular flexibility index (Phi) is 12.2. The van der Waals surface area contributed by atoms with Crippen LogP contribution in [0, 0.1) is 0 Å². The Morgan fingerprint density at radius 2 is 1.27 bits per heavy atom. The van der Waals surface area contributed by atoms with Crippen LogP contribution in [0.3, 0.4) is 0 Å². The van der Waals surface area contributed by atoms with Gasteiger partial charge in [0.2, 0.25) is 0 Å². The van der Waals surface area contributed by atoms with Crippen molar-refractivity contribution in [3.05, 3.63) is 27.2 Å². The second-order valence-electron chi connectivity index (χ2n) is 8.26. The van der Waals surface area contributed by atoms with Crippen molar-refractivity contribution in [2.24, 2.45) is 5.10 Å². The van der Waals surface area contributed by atoms with Crippen LogP contribution in [0.2, 0.25) is 15.1 Å². The molecule has 0 radical (unpaired) electrons. The van der Waals surface area contributed by atoms with Gasteiger partial charge in [0.25, 0.3) is 5.91 Å². The predicted octanol–water partition coefficient (Wildman–Crippen LogP) is 9.22. The van der Waals surface area contributed by atoms with Gasteiger partial charge in [-0.15, -0.1) is 0 Å². The highest BCUT2D eigenvalue weighted by Gasteiger charge is 2.28. The maximum Gasteiger partial charge on any atom is 0.253 e. The van der Waals surface area contributed by atoms with Crippen molar-refractivity contribution < 1.29 is 4.79 Å². The van der Waals surface area contributed by atoms with Gasteiger partial charge in [-0.25, -0.2) is 0 Å². The Hall–Kier alpha value is -0.770. The van der Waals surface area contributed by atoms with E-state index in [4.69, 9.17) is 34.8 Å². The van der Waals surface area contributed by atoms with E-state index in [9.17, 15) is 4.79 Å². The van der Waals surface area contributed by atoms with Gasteiger partial charge < -0.3 is 0 Å². The third-order valence-electron chi connectivity index (χ3n) is 5.60. The molecule has 0 bridgehead atoms. The number of halogens is 3. The van der Waals surface area contributed by atoms with Crippen molar-refractivity contribution in [3.8, 4) is 0 Å². The summed E-state index contributed by atoms with van der Waals surface area (Å²) in [6.07, 6.45) is 18.5. The fourth-order valence-electron chi connectivity index (χ4n) is 3.88. The number of rotatable bonds is 15. The average molecular weight is 474 g/mol. The van der Waals surface area contributed by atoms with Crippen molar-refractivity contribution in [1.82, 2.24) is 0 Å². The molecule has 3 nitrogen and oxygen atoms in total. The fourth-order valence-corrected chi connectivity index (χ4v) is 4.86. The average Bonchev–Trinajstić information content (AvgIpc) is 3.05. The summed E-state index contributed by atoms with van der Waals surface area (Å²) in [5, 5.41) is 6.93. The van der Waals surface area contributed by atoms with Crippen molar-refractivity contribution in [3.63, 3.8) is 0 Å². The number of benzene rings is 1. The smallest absolute Gasteiger partial charge is 0.253 e. The van der Waals surface area contributed by atoms with E-state index in [2.05, 4.69) is 12.0 Å². The SMILES string of the molecule is CCCCCCCCCCCCCCCC1=NN(c2c(Cl)cc(Cl)cc2Cl)C(=O)C1. The maximum atomic E-state index is 12.4. The zero-order chi connectivity index (χ0) is 21.8. The summed E-state index contributed by atoms with van der Waals surface area (Å²) < 4.78 is 0. The highest BCUT2D eigenvalue weighted by atomic mass is 35.5. The van der Waals surface area contributed by atoms with E-state index >= 15 is 0 Å². The second kappa shape index (κ2) is 14.3. The normalized spacial score (nSPS) is 13.9. The molecule has 1 aliphatic rings. The van der Waals surface area contributed by atoms with E-state index in [1.807, 2.05) is 0 Å². The molecule has 6 heteroatoms. The molecule has 2 rings (SSSR count). The van der Waals surface area contributed by atoms with Crippen molar-refractivity contribution in [1.29, 1.82) is 0 Å². The molecular formula is C24H35Cl3N2O. The fraction of sp³-hybridized carbons (Fsp3) is 0.667. The molecule has 0 unspecified atom stereocenters. The van der Waals surface area contributed by atoms with Crippen LogP contribution >= 0.6 is 34.8 Å². The zero-order valence-corrected chi connectivity index (χ0v) is 20.5. The number of hydrazone groups is 1. The number of unbranched alkanes of at least 4 members (excludes halogenated alkanes) is 12. The minimum Gasteiger partial charge on any atom is -0.272 e. The molecule has 0 fully saturated rings. The summed E-state index contributed by atoms with van der Waals surface area (Å²) in [5.74, 6) is -0.0918. The summed E-state index contributed by atoms with van der Waals surface area (Å²) in [6.45, 7) is 2.27. The van der Waals surface area contributed by atoms with Gasteiger partial charge in [-0.1, -0.05) is 119 Å². The first kappa shape index (κ1) is 25.5. The summed E-state index contributed by atoms with van der Waals surface area (Å²) in [6, 6.07) is 3.16. The molecule has 0 saturated carbocycles. The second-order valence-corrected chi connectivity index (χ2v) is 9.51. The van der Waals surface area contributed by atoms with Crippen molar-refractivity contribution in [2.45, 2.75) is 103 Å². The summed E-state index contributed by atoms with van der Waals surface area (Å²) in [4.78, 5) is 12.4. The van der Waals surface area contributed by atoms with Gasteiger partial charge in [-0.3, -0.25) is 4.79 Å². The van der Waals surface area contributed by atoms with Crippen LogP contribution in [0.1, 0.15) is 103 Å². The lowest BCUT2D eigenvalue weighted by Crippen LogP contribution is -2.20. The van der Waals surface area contributed by atoms with E-state index in [0.717, 1.165) is 18.6 Å². The van der Waals surface area contributed by atoms with E-state index in [-0.39, 0.29) is 5.91 Å². The van der Waals surface area contributed by atoms with E-state index in [1.165, 1.54) is 82.1 Å². The maximum absolute atomic E-state index is 12.4. The lowest BCUT2D eigenvalue weighted by molar-refractivity contribution is -0.116. The zero-order valence-electron chi connectivity index (χ0n) is 18.2. The molecule has 1 heterocycles. The summed E-state index contributed by atoms with van der Waals surface area (Å²) >= 11 is 18.4. The Labute approximate surface area is 197 Å². The van der Waals surface area contributed by atoms with Crippen LogP contribution in [-0.4, -0.2) is 11.6 Å². The van der Waals surface area contributed by atoms with Gasteiger partial charge in [0.15, 0.2) is 0 Å². The largest absolute Gasteiger partial charge is 0.272 e. The molecule has 0 N–H and O–H groups in total. The molecular weight excluding hydrogens is 439 g/mol. The topological polar surface area (TPSA) is 32.7 Å². The molecule has 1 aliphatic heterocycles. The minimum absolute atomic E-state index is 0.0918. The number of carbonyl (C=O) groups is 1. The van der Waals surface area contributed by atoms with Gasteiger partial charge in [0, 0.05) is 10.7 Å². The Morgan fingerprint density at radius 1 is 0.800 bits per heavy atom. The lowest BCUT2D eigenvalue weighted by atomic mass is 10.0. The van der Waals surface area contributed by atoms with Gasteiger partial charge in [0.05, 0.1) is 16.5 Å². The Balaban J connectivity index is 1.58. The highest BCUT2D eigenvalue weighted by molar-refractivity contribution is 6.42. The van der Waals surface area contributed by atoms with Gasteiger partial charge in [0.1, 0.15) is 5.69 Å². The number of hydrogen-bond donors (Lipinski definition) is 0. The standard InChI is InChI=1S/C24H35Cl3N2O/c1-2-3-4-5-6-7-8-9-10-11-12-13-14-15-20-18-23(30)29(28-20)24-21(26)16-19(25)17-22(24)27/h16-17H,2-15,18H2,1H3. The molecule has 1 aromatic rings. The van der Waals surface area contributed by atoms with Crippen LogP contribution in [-0.2, 0) is 4.79 Å². The van der Waals surface area contributed by atoms with Crippen LogP contribution in [0.25, 0.3) is 0 Å². The number of hydrogen-bond acceptors (Lipinski definition) is 2. The first-order valence-electron chi connectivity index (χ1n) is 11.6. The molecule has 0 atom stereocenters. The van der Waals surface area contributed by atoms with E-state index < -0.39 is 0 Å². The number of carbonyl (C=O) groups excluding carboxylic acids is 1. The Morgan fingerprint density at radius 3 is 1.77 bits per heavy atom. The molecule has 30 heavy (non-hydrogen) atoms. The van der Waals surface area contributed by atoms with Gasteiger partial charge in [-0.05, 0) is 25.0 Å². The quantitative estimate of drug-likeness (QED) is 0.234. The number of anilines is 1. The molecule has 0 saturated heterocycles. The van der Waals surface area contributed by atoms with Gasteiger partial charge >= 0.3 is 0 Å². The highest BCUT2D eigenvalue weighted by Crippen LogP contribution is 2.38. The summed E-state index contributed by atoms with van der Waals surface area (Å²) in [7, 11) is 0. The van der Waals surface area contributed by atoms with Crippen LogP contribution in [0.4, 0.5) is 5.69 Å². The molecule has 0 aromatic heterocycles. The number of nitrogens with zero attached hydrogens (tertiary/aromatic N) is 2. The molecule has 1 amide bonds. The summed E-state index contributed by atoms with van der Waals surface area (Å²) in [5.41, 5.74) is 1.33. The van der Waals surface area contributed by atoms with E-state index in [0.29, 0.717) is 27.2 Å². The number of amides is 1. The predicted molar refractivity (Wildman–Crippen MR) is 131 cm³/mol. The van der Waals surface area contributed by atoms with Crippen LogP contribution in [0.15, 0.2) is 17.2 Å². The van der Waals surface area contributed by atoms with Crippen molar-refractivity contribution in [2.75, 3.05) is 5.01 Å². The van der Waals surface area contributed by atoms with Crippen molar-refractivity contribution >= 4 is 52.1 Å². The lowest BCUT2D eigenvalue weighted by Gasteiger charge is -2.15. The monoisotopic (exact) mass is 472 g/mol. The molecule has 168 valence electrons. The first-order chi connectivity index (χ1) is 14.5. The molecule has 0 spiro atoms. The van der Waals surface area contributed by atoms with Gasteiger partial charge in [-0.2, -0.15) is 10.1 Å².